The average molecular weight is 471 g/mol. The molecule has 0 bridgehead atoms. The summed E-state index contributed by atoms with van der Waals surface area (Å²) < 4.78 is 10.8. The number of hydrogen-bond donors (Lipinski definition) is 1. The zero-order valence-electron chi connectivity index (χ0n) is 19.3. The van der Waals surface area contributed by atoms with Crippen LogP contribution in [0.4, 0.5) is 0 Å². The van der Waals surface area contributed by atoms with Crippen LogP contribution in [0, 0.1) is 0 Å². The van der Waals surface area contributed by atoms with Crippen LogP contribution in [-0.2, 0) is 19.1 Å². The number of nitrogens with one attached hydrogen (secondary N) is 1. The second-order valence-corrected chi connectivity index (χ2v) is 8.20. The first-order valence-corrected chi connectivity index (χ1v) is 11.6. The molecule has 1 aliphatic rings. The molecule has 0 saturated carbocycles. The zero-order valence-corrected chi connectivity index (χ0v) is 21.0. The number of esters is 2. The Morgan fingerprint density at radius 3 is 2.16 bits per heavy atom. The number of nitrogens with zero attached hydrogens (tertiary/aromatic N) is 1. The van der Waals surface area contributed by atoms with E-state index in [1.54, 1.807) is 13.8 Å². The topological polar surface area (TPSA) is 67.9 Å². The Hall–Kier alpha value is -1.83. The number of allylic oxidation sites excluding steroid dienone is 1. The van der Waals surface area contributed by atoms with Crippen LogP contribution in [0.3, 0.4) is 0 Å². The van der Waals surface area contributed by atoms with Crippen LogP contribution in [0.15, 0.2) is 40.1 Å². The van der Waals surface area contributed by atoms with Gasteiger partial charge in [-0.2, -0.15) is 0 Å². The maximum absolute atomic E-state index is 13.1. The van der Waals surface area contributed by atoms with E-state index in [2.05, 4.69) is 31.0 Å². The molecule has 1 N–H and O–H groups in total. The first-order chi connectivity index (χ1) is 14.4. The van der Waals surface area contributed by atoms with E-state index in [9.17, 15) is 9.59 Å². The van der Waals surface area contributed by atoms with Crippen LogP contribution in [0.25, 0.3) is 0 Å². The van der Waals surface area contributed by atoms with Gasteiger partial charge in [-0.1, -0.05) is 19.9 Å². The molecule has 0 aromatic carbocycles. The van der Waals surface area contributed by atoms with E-state index >= 15 is 0 Å². The van der Waals surface area contributed by atoms with Crippen molar-refractivity contribution in [2.75, 3.05) is 26.3 Å². The Balaban J connectivity index is 0.00000480. The Labute approximate surface area is 196 Å². The summed E-state index contributed by atoms with van der Waals surface area (Å²) in [5.74, 6) is -1.29. The van der Waals surface area contributed by atoms with Gasteiger partial charge in [0, 0.05) is 28.7 Å². The number of rotatable bonds is 10. The minimum absolute atomic E-state index is 0. The van der Waals surface area contributed by atoms with E-state index in [1.165, 1.54) is 11.3 Å². The van der Waals surface area contributed by atoms with Crippen LogP contribution in [0.5, 0.6) is 0 Å². The van der Waals surface area contributed by atoms with Crippen LogP contribution < -0.4 is 5.32 Å². The van der Waals surface area contributed by atoms with Gasteiger partial charge in [-0.15, -0.1) is 23.7 Å². The molecule has 2 rings (SSSR count). The third kappa shape index (κ3) is 6.34. The number of thiophene rings is 1. The van der Waals surface area contributed by atoms with Gasteiger partial charge in [0.25, 0.3) is 0 Å². The molecule has 2 atom stereocenters. The predicted molar refractivity (Wildman–Crippen MR) is 127 cm³/mol. The number of halogens is 1. The number of carbonyl (C=O) groups is 2. The third-order valence-corrected chi connectivity index (χ3v) is 6.34. The maximum atomic E-state index is 13.1. The van der Waals surface area contributed by atoms with E-state index in [0.717, 1.165) is 29.4 Å². The molecule has 1 aromatic rings. The van der Waals surface area contributed by atoms with Crippen molar-refractivity contribution in [3.05, 3.63) is 44.9 Å². The Morgan fingerprint density at radius 1 is 1.10 bits per heavy atom. The van der Waals surface area contributed by atoms with Crippen LogP contribution in [-0.4, -0.2) is 49.2 Å². The maximum Gasteiger partial charge on any atom is 0.336 e. The third-order valence-electron chi connectivity index (χ3n) is 5.40. The Bertz CT molecular complexity index is 801. The highest BCUT2D eigenvalue weighted by atomic mass is 35.5. The standard InChI is InChI=1S/C23H34N2O4S.ClH/c1-7-25(8-2)15(5)14-17-20(23(27)29-10-4)21(18-12-11-13-30-18)19(16(6)24-17)22(26)28-9-3;/h11-13,15,21,24H,7-10,14H2,1-6H3;1H. The SMILES string of the molecule is CCOC(=O)C1=C(C)NC(CC(C)N(CC)CC)=C(C(=O)OCC)C1c1cccs1.Cl. The number of ether oxygens (including phenoxy) is 2. The van der Waals surface area contributed by atoms with Gasteiger partial charge in [-0.05, 0) is 52.2 Å². The molecular formula is C23H35ClN2O4S. The molecule has 8 heteroatoms. The highest BCUT2D eigenvalue weighted by Gasteiger charge is 2.39. The van der Waals surface area contributed by atoms with Gasteiger partial charge in [0.05, 0.1) is 30.3 Å². The van der Waals surface area contributed by atoms with Gasteiger partial charge in [0.1, 0.15) is 0 Å². The lowest BCUT2D eigenvalue weighted by Gasteiger charge is -2.34. The van der Waals surface area contributed by atoms with Crippen molar-refractivity contribution >= 4 is 35.7 Å². The average Bonchev–Trinajstić information content (AvgIpc) is 3.23. The molecular weight excluding hydrogens is 436 g/mol. The molecule has 0 amide bonds. The molecule has 174 valence electrons. The van der Waals surface area contributed by atoms with Gasteiger partial charge in [-0.3, -0.25) is 0 Å². The first kappa shape index (κ1) is 27.2. The summed E-state index contributed by atoms with van der Waals surface area (Å²) in [5.41, 5.74) is 2.52. The molecule has 2 heterocycles. The molecule has 0 aliphatic carbocycles. The van der Waals surface area contributed by atoms with Crippen molar-refractivity contribution in [1.82, 2.24) is 10.2 Å². The smallest absolute Gasteiger partial charge is 0.336 e. The van der Waals surface area contributed by atoms with E-state index in [4.69, 9.17) is 9.47 Å². The summed E-state index contributed by atoms with van der Waals surface area (Å²) in [6.45, 7) is 14.3. The van der Waals surface area contributed by atoms with Crippen molar-refractivity contribution < 1.29 is 19.1 Å². The van der Waals surface area contributed by atoms with Gasteiger partial charge in [0.2, 0.25) is 0 Å². The van der Waals surface area contributed by atoms with Crippen molar-refractivity contribution in [3.63, 3.8) is 0 Å². The number of dihydropyridines is 1. The largest absolute Gasteiger partial charge is 0.463 e. The van der Waals surface area contributed by atoms with Crippen molar-refractivity contribution in [2.45, 2.75) is 59.9 Å². The van der Waals surface area contributed by atoms with Gasteiger partial charge in [0.15, 0.2) is 0 Å². The van der Waals surface area contributed by atoms with Gasteiger partial charge < -0.3 is 19.7 Å². The summed E-state index contributed by atoms with van der Waals surface area (Å²) in [6, 6.07) is 4.12. The van der Waals surface area contributed by atoms with Crippen molar-refractivity contribution in [2.24, 2.45) is 0 Å². The molecule has 2 unspecified atom stereocenters. The van der Waals surface area contributed by atoms with Crippen LogP contribution >= 0.6 is 23.7 Å². The van der Waals surface area contributed by atoms with Crippen molar-refractivity contribution in [3.8, 4) is 0 Å². The minimum atomic E-state index is -0.497. The normalized spacial score (nSPS) is 17.2. The highest BCUT2D eigenvalue weighted by molar-refractivity contribution is 7.10. The lowest BCUT2D eigenvalue weighted by atomic mass is 9.83. The number of hydrogen-bond acceptors (Lipinski definition) is 7. The molecule has 0 saturated heterocycles. The predicted octanol–water partition coefficient (Wildman–Crippen LogP) is 4.63. The fourth-order valence-corrected chi connectivity index (χ4v) is 4.84. The summed E-state index contributed by atoms with van der Waals surface area (Å²) >= 11 is 1.52. The fourth-order valence-electron chi connectivity index (χ4n) is 4.00. The fraction of sp³-hybridized carbons (Fsp3) is 0.565. The highest BCUT2D eigenvalue weighted by Crippen LogP contribution is 2.42. The lowest BCUT2D eigenvalue weighted by Crippen LogP contribution is -2.38. The Morgan fingerprint density at radius 2 is 1.68 bits per heavy atom. The second-order valence-electron chi connectivity index (χ2n) is 7.22. The van der Waals surface area contributed by atoms with E-state index < -0.39 is 11.9 Å². The minimum Gasteiger partial charge on any atom is -0.463 e. The summed E-state index contributed by atoms with van der Waals surface area (Å²) in [6.07, 6.45) is 0.658. The van der Waals surface area contributed by atoms with Gasteiger partial charge >= 0.3 is 11.9 Å². The van der Waals surface area contributed by atoms with Crippen LogP contribution in [0.1, 0.15) is 58.8 Å². The molecule has 0 radical (unpaired) electrons. The monoisotopic (exact) mass is 470 g/mol. The van der Waals surface area contributed by atoms with Crippen molar-refractivity contribution in [1.29, 1.82) is 0 Å². The zero-order chi connectivity index (χ0) is 22.3. The summed E-state index contributed by atoms with van der Waals surface area (Å²) in [5, 5.41) is 5.31. The molecule has 1 aromatic heterocycles. The summed E-state index contributed by atoms with van der Waals surface area (Å²) in [4.78, 5) is 29.3. The molecule has 0 fully saturated rings. The van der Waals surface area contributed by atoms with E-state index in [0.29, 0.717) is 17.6 Å². The van der Waals surface area contributed by atoms with E-state index in [-0.39, 0.29) is 37.6 Å². The summed E-state index contributed by atoms with van der Waals surface area (Å²) in [7, 11) is 0. The molecule has 6 nitrogen and oxygen atoms in total. The quantitative estimate of drug-likeness (QED) is 0.503. The first-order valence-electron chi connectivity index (χ1n) is 10.7. The molecule has 1 aliphatic heterocycles. The molecule has 31 heavy (non-hydrogen) atoms. The van der Waals surface area contributed by atoms with E-state index in [1.807, 2.05) is 24.4 Å². The lowest BCUT2D eigenvalue weighted by molar-refractivity contribution is -0.139. The Kier molecular flexibility index (Phi) is 11.3. The van der Waals surface area contributed by atoms with Gasteiger partial charge in [-0.25, -0.2) is 9.59 Å². The number of carbonyl (C=O) groups excluding carboxylic acids is 2. The van der Waals surface area contributed by atoms with Crippen LogP contribution in [0.2, 0.25) is 0 Å². The second kappa shape index (κ2) is 12.9. The molecule has 0 spiro atoms.